The molecule has 1 aromatic rings. The maximum absolute atomic E-state index is 12.1. The molecule has 0 N–H and O–H groups in total. The number of piperazine rings is 1. The molecule has 0 aromatic carbocycles. The average Bonchev–Trinajstić information content (AvgIpc) is 2.45. The highest BCUT2D eigenvalue weighted by molar-refractivity contribution is 5.68. The van der Waals surface area contributed by atoms with E-state index in [-0.39, 0.29) is 6.09 Å². The van der Waals surface area contributed by atoms with Gasteiger partial charge >= 0.3 is 6.09 Å². The van der Waals surface area contributed by atoms with E-state index in [1.165, 1.54) is 6.33 Å². The van der Waals surface area contributed by atoms with Gasteiger partial charge in [0.25, 0.3) is 0 Å². The Morgan fingerprint density at radius 1 is 1.18 bits per heavy atom. The molecule has 0 saturated carbocycles. The molecule has 0 atom stereocenters. The van der Waals surface area contributed by atoms with Crippen LogP contribution < -0.4 is 9.64 Å². The molecule has 1 aliphatic heterocycles. The fourth-order valence-electron chi connectivity index (χ4n) is 2.34. The molecule has 122 valence electrons. The van der Waals surface area contributed by atoms with E-state index in [0.717, 1.165) is 11.5 Å². The number of methoxy groups -OCH3 is 1. The zero-order valence-electron chi connectivity index (χ0n) is 13.9. The number of aryl methyl sites for hydroxylation is 1. The Morgan fingerprint density at radius 2 is 1.82 bits per heavy atom. The molecule has 7 nitrogen and oxygen atoms in total. The van der Waals surface area contributed by atoms with Gasteiger partial charge in [0.15, 0.2) is 11.6 Å². The second-order valence-corrected chi connectivity index (χ2v) is 6.27. The van der Waals surface area contributed by atoms with E-state index < -0.39 is 5.60 Å². The molecule has 0 aliphatic carbocycles. The number of hydrogen-bond acceptors (Lipinski definition) is 6. The minimum atomic E-state index is -0.471. The molecule has 0 radical (unpaired) electrons. The first-order valence-corrected chi connectivity index (χ1v) is 7.40. The first-order chi connectivity index (χ1) is 10.3. The minimum Gasteiger partial charge on any atom is -0.491 e. The van der Waals surface area contributed by atoms with Crippen molar-refractivity contribution in [3.8, 4) is 5.75 Å². The Morgan fingerprint density at radius 3 is 2.36 bits per heavy atom. The summed E-state index contributed by atoms with van der Waals surface area (Å²) in [7, 11) is 1.62. The molecule has 1 saturated heterocycles. The largest absolute Gasteiger partial charge is 0.491 e. The summed E-state index contributed by atoms with van der Waals surface area (Å²) in [5.74, 6) is 1.46. The summed E-state index contributed by atoms with van der Waals surface area (Å²) in [4.78, 5) is 24.4. The van der Waals surface area contributed by atoms with Gasteiger partial charge in [-0.3, -0.25) is 0 Å². The summed E-state index contributed by atoms with van der Waals surface area (Å²) in [6.45, 7) is 10.1. The summed E-state index contributed by atoms with van der Waals surface area (Å²) in [5.41, 5.74) is 0.336. The third kappa shape index (κ3) is 3.78. The zero-order chi connectivity index (χ0) is 16.3. The predicted octanol–water partition coefficient (Wildman–Crippen LogP) is 1.85. The van der Waals surface area contributed by atoms with Crippen LogP contribution in [0.25, 0.3) is 0 Å². The van der Waals surface area contributed by atoms with Gasteiger partial charge in [-0.1, -0.05) is 0 Å². The number of hydrogen-bond donors (Lipinski definition) is 0. The number of aromatic nitrogens is 2. The lowest BCUT2D eigenvalue weighted by Crippen LogP contribution is -2.50. The fraction of sp³-hybridized carbons (Fsp3) is 0.667. The second kappa shape index (κ2) is 6.37. The molecule has 0 spiro atoms. The van der Waals surface area contributed by atoms with Crippen molar-refractivity contribution in [2.24, 2.45) is 0 Å². The number of carbonyl (C=O) groups is 1. The van der Waals surface area contributed by atoms with Crippen LogP contribution in [-0.2, 0) is 4.74 Å². The Balaban J connectivity index is 2.01. The minimum absolute atomic E-state index is 0.266. The van der Waals surface area contributed by atoms with Crippen molar-refractivity contribution in [3.05, 3.63) is 12.0 Å². The second-order valence-electron chi connectivity index (χ2n) is 6.27. The van der Waals surface area contributed by atoms with Crippen LogP contribution in [0.4, 0.5) is 10.6 Å². The van der Waals surface area contributed by atoms with Crippen LogP contribution in [0.5, 0.6) is 5.75 Å². The van der Waals surface area contributed by atoms with Crippen molar-refractivity contribution in [3.63, 3.8) is 0 Å². The summed E-state index contributed by atoms with van der Waals surface area (Å²) >= 11 is 0. The molecular formula is C15H24N4O3. The SMILES string of the molecule is COc1c(C)ncnc1N1CCN(C(=O)OC(C)(C)C)CC1. The van der Waals surface area contributed by atoms with Crippen LogP contribution in [0.1, 0.15) is 26.5 Å². The van der Waals surface area contributed by atoms with Crippen molar-refractivity contribution >= 4 is 11.9 Å². The van der Waals surface area contributed by atoms with Gasteiger partial charge in [-0.25, -0.2) is 14.8 Å². The monoisotopic (exact) mass is 308 g/mol. The number of ether oxygens (including phenoxy) is 2. The molecule has 2 rings (SSSR count). The van der Waals surface area contributed by atoms with Gasteiger partial charge in [0.2, 0.25) is 0 Å². The number of rotatable bonds is 2. The van der Waals surface area contributed by atoms with E-state index in [1.807, 2.05) is 27.7 Å². The summed E-state index contributed by atoms with van der Waals surface area (Å²) in [6, 6.07) is 0. The number of carbonyl (C=O) groups excluding carboxylic acids is 1. The normalized spacial score (nSPS) is 15.7. The van der Waals surface area contributed by atoms with Crippen LogP contribution in [-0.4, -0.2) is 59.9 Å². The lowest BCUT2D eigenvalue weighted by atomic mass is 10.2. The topological polar surface area (TPSA) is 67.8 Å². The first kappa shape index (κ1) is 16.3. The van der Waals surface area contributed by atoms with Crippen molar-refractivity contribution in [1.29, 1.82) is 0 Å². The Hall–Kier alpha value is -2.05. The summed E-state index contributed by atoms with van der Waals surface area (Å²) < 4.78 is 10.8. The maximum atomic E-state index is 12.1. The third-order valence-corrected chi connectivity index (χ3v) is 3.40. The van der Waals surface area contributed by atoms with Gasteiger partial charge in [0.05, 0.1) is 12.8 Å². The van der Waals surface area contributed by atoms with Crippen LogP contribution >= 0.6 is 0 Å². The quantitative estimate of drug-likeness (QED) is 0.830. The van der Waals surface area contributed by atoms with E-state index in [4.69, 9.17) is 9.47 Å². The average molecular weight is 308 g/mol. The molecular weight excluding hydrogens is 284 g/mol. The van der Waals surface area contributed by atoms with Crippen LogP contribution in [0.3, 0.4) is 0 Å². The highest BCUT2D eigenvalue weighted by atomic mass is 16.6. The van der Waals surface area contributed by atoms with E-state index in [1.54, 1.807) is 12.0 Å². The third-order valence-electron chi connectivity index (χ3n) is 3.40. The number of nitrogens with zero attached hydrogens (tertiary/aromatic N) is 4. The van der Waals surface area contributed by atoms with Gasteiger partial charge in [-0.2, -0.15) is 0 Å². The van der Waals surface area contributed by atoms with E-state index in [2.05, 4.69) is 14.9 Å². The highest BCUT2D eigenvalue weighted by Crippen LogP contribution is 2.28. The Bertz CT molecular complexity index is 534. The van der Waals surface area contributed by atoms with Gasteiger partial charge in [-0.15, -0.1) is 0 Å². The molecule has 22 heavy (non-hydrogen) atoms. The zero-order valence-corrected chi connectivity index (χ0v) is 13.9. The molecule has 1 aliphatic rings. The van der Waals surface area contributed by atoms with Crippen molar-refractivity contribution in [1.82, 2.24) is 14.9 Å². The van der Waals surface area contributed by atoms with Gasteiger partial charge in [-0.05, 0) is 27.7 Å². The summed E-state index contributed by atoms with van der Waals surface area (Å²) in [5, 5.41) is 0. The number of anilines is 1. The van der Waals surface area contributed by atoms with Gasteiger partial charge in [0, 0.05) is 26.2 Å². The summed E-state index contributed by atoms with van der Waals surface area (Å²) in [6.07, 6.45) is 1.27. The number of amides is 1. The maximum Gasteiger partial charge on any atom is 0.410 e. The first-order valence-electron chi connectivity index (χ1n) is 7.40. The Kier molecular flexibility index (Phi) is 4.73. The van der Waals surface area contributed by atoms with Crippen LogP contribution in [0.2, 0.25) is 0 Å². The molecule has 7 heteroatoms. The molecule has 0 bridgehead atoms. The molecule has 1 aromatic heterocycles. The van der Waals surface area contributed by atoms with E-state index >= 15 is 0 Å². The smallest absolute Gasteiger partial charge is 0.410 e. The fourth-order valence-corrected chi connectivity index (χ4v) is 2.34. The van der Waals surface area contributed by atoms with E-state index in [0.29, 0.717) is 31.9 Å². The molecule has 1 amide bonds. The Labute approximate surface area is 131 Å². The predicted molar refractivity (Wildman–Crippen MR) is 83.3 cm³/mol. The standard InChI is InChI=1S/C15H24N4O3/c1-11-12(21-5)13(17-10-16-11)18-6-8-19(9-7-18)14(20)22-15(2,3)4/h10H,6-9H2,1-5H3. The van der Waals surface area contributed by atoms with E-state index in [9.17, 15) is 4.79 Å². The molecule has 0 unspecified atom stereocenters. The lowest BCUT2D eigenvalue weighted by Gasteiger charge is -2.36. The highest BCUT2D eigenvalue weighted by Gasteiger charge is 2.27. The van der Waals surface area contributed by atoms with Crippen molar-refractivity contribution in [2.75, 3.05) is 38.2 Å². The molecule has 2 heterocycles. The lowest BCUT2D eigenvalue weighted by molar-refractivity contribution is 0.0240. The van der Waals surface area contributed by atoms with Crippen molar-refractivity contribution < 1.29 is 14.3 Å². The van der Waals surface area contributed by atoms with Crippen LogP contribution in [0.15, 0.2) is 6.33 Å². The van der Waals surface area contributed by atoms with Gasteiger partial charge in [0.1, 0.15) is 11.9 Å². The molecule has 1 fully saturated rings. The van der Waals surface area contributed by atoms with Gasteiger partial charge < -0.3 is 19.3 Å². The van der Waals surface area contributed by atoms with Crippen LogP contribution in [0, 0.1) is 6.92 Å². The van der Waals surface area contributed by atoms with Crippen molar-refractivity contribution in [2.45, 2.75) is 33.3 Å².